The van der Waals surface area contributed by atoms with Gasteiger partial charge >= 0.3 is 0 Å². The summed E-state index contributed by atoms with van der Waals surface area (Å²) in [6, 6.07) is 0.536. The Kier molecular flexibility index (Phi) is 18.4. The van der Waals surface area contributed by atoms with Crippen LogP contribution in [0.1, 0.15) is 53.9 Å². The summed E-state index contributed by atoms with van der Waals surface area (Å²) in [5, 5.41) is 3.06. The minimum atomic E-state index is 0. The molecular weight excluding hydrogens is 309 g/mol. The van der Waals surface area contributed by atoms with Crippen molar-refractivity contribution in [3.05, 3.63) is 0 Å². The Morgan fingerprint density at radius 2 is 1.67 bits per heavy atom. The molecule has 2 unspecified atom stereocenters. The first-order valence-corrected chi connectivity index (χ1v) is 7.66. The highest BCUT2D eigenvalue weighted by atomic mass is 35.5. The highest BCUT2D eigenvalue weighted by Gasteiger charge is 2.17. The van der Waals surface area contributed by atoms with Crippen molar-refractivity contribution in [1.82, 2.24) is 10.2 Å². The van der Waals surface area contributed by atoms with E-state index in [1.54, 1.807) is 0 Å². The second-order valence-corrected chi connectivity index (χ2v) is 5.82. The fourth-order valence-corrected chi connectivity index (χ4v) is 2.32. The van der Waals surface area contributed by atoms with E-state index in [-0.39, 0.29) is 36.8 Å². The zero-order valence-corrected chi connectivity index (χ0v) is 15.9. The Balaban J connectivity index is -0.00000162. The van der Waals surface area contributed by atoms with E-state index < -0.39 is 0 Å². The highest BCUT2D eigenvalue weighted by molar-refractivity contribution is 5.85. The molecule has 0 saturated carbocycles. The first-order chi connectivity index (χ1) is 8.90. The molecule has 0 bridgehead atoms. The maximum Gasteiger partial charge on any atom is 0.220 e. The molecular formula is C15H35Cl2N3O. The number of rotatable bonds is 10. The summed E-state index contributed by atoms with van der Waals surface area (Å²) in [5.41, 5.74) is 5.67. The standard InChI is InChI=1S/C15H33N3O.2ClH/c1-6-18(7-2)14(10-12(3)4)11-17-15(19)9-8-13(5)16;;/h12-14H,6-11,16H2,1-5H3,(H,17,19);2*1H. The lowest BCUT2D eigenvalue weighted by Crippen LogP contribution is -2.44. The monoisotopic (exact) mass is 343 g/mol. The third-order valence-corrected chi connectivity index (χ3v) is 3.43. The van der Waals surface area contributed by atoms with E-state index in [1.165, 1.54) is 0 Å². The predicted octanol–water partition coefficient (Wildman–Crippen LogP) is 2.83. The molecule has 0 fully saturated rings. The van der Waals surface area contributed by atoms with E-state index in [4.69, 9.17) is 5.73 Å². The van der Waals surface area contributed by atoms with Gasteiger partial charge in [-0.15, -0.1) is 24.8 Å². The molecule has 0 aromatic carbocycles. The Morgan fingerprint density at radius 1 is 1.14 bits per heavy atom. The second kappa shape index (κ2) is 14.9. The van der Waals surface area contributed by atoms with E-state index >= 15 is 0 Å². The van der Waals surface area contributed by atoms with Crippen LogP contribution in [-0.4, -0.2) is 42.5 Å². The number of nitrogens with two attached hydrogens (primary N) is 1. The van der Waals surface area contributed by atoms with Gasteiger partial charge in [-0.05, 0) is 38.8 Å². The van der Waals surface area contributed by atoms with Crippen LogP contribution >= 0.6 is 24.8 Å². The van der Waals surface area contributed by atoms with Gasteiger partial charge in [0.05, 0.1) is 0 Å². The van der Waals surface area contributed by atoms with Crippen LogP contribution in [0.5, 0.6) is 0 Å². The third-order valence-electron chi connectivity index (χ3n) is 3.43. The van der Waals surface area contributed by atoms with Gasteiger partial charge in [-0.3, -0.25) is 9.69 Å². The molecule has 0 aliphatic rings. The molecule has 0 spiro atoms. The quantitative estimate of drug-likeness (QED) is 0.641. The van der Waals surface area contributed by atoms with Gasteiger partial charge in [0.1, 0.15) is 0 Å². The normalized spacial score (nSPS) is 13.3. The molecule has 21 heavy (non-hydrogen) atoms. The van der Waals surface area contributed by atoms with Gasteiger partial charge in [0.15, 0.2) is 0 Å². The van der Waals surface area contributed by atoms with Crippen molar-refractivity contribution in [2.45, 2.75) is 66.0 Å². The van der Waals surface area contributed by atoms with Gasteiger partial charge in [-0.2, -0.15) is 0 Å². The number of hydrogen-bond donors (Lipinski definition) is 2. The Hall–Kier alpha value is -0.0300. The highest BCUT2D eigenvalue weighted by Crippen LogP contribution is 2.11. The fourth-order valence-electron chi connectivity index (χ4n) is 2.32. The van der Waals surface area contributed by atoms with Crippen molar-refractivity contribution in [3.8, 4) is 0 Å². The number of likely N-dealkylation sites (N-methyl/N-ethyl adjacent to an activating group) is 1. The van der Waals surface area contributed by atoms with Crippen LogP contribution in [0.15, 0.2) is 0 Å². The molecule has 0 saturated heterocycles. The van der Waals surface area contributed by atoms with Crippen LogP contribution in [0.25, 0.3) is 0 Å². The second-order valence-electron chi connectivity index (χ2n) is 5.82. The molecule has 130 valence electrons. The lowest BCUT2D eigenvalue weighted by atomic mass is 10.0. The van der Waals surface area contributed by atoms with Gasteiger partial charge in [0.25, 0.3) is 0 Å². The summed E-state index contributed by atoms with van der Waals surface area (Å²) in [4.78, 5) is 14.2. The van der Waals surface area contributed by atoms with Crippen LogP contribution in [0.4, 0.5) is 0 Å². The fraction of sp³-hybridized carbons (Fsp3) is 0.933. The Bertz CT molecular complexity index is 247. The largest absolute Gasteiger partial charge is 0.355 e. The van der Waals surface area contributed by atoms with Crippen LogP contribution in [-0.2, 0) is 4.79 Å². The summed E-state index contributed by atoms with van der Waals surface area (Å²) in [6.45, 7) is 13.6. The van der Waals surface area contributed by atoms with E-state index in [0.717, 1.165) is 32.5 Å². The molecule has 0 aliphatic carbocycles. The zero-order valence-electron chi connectivity index (χ0n) is 14.2. The molecule has 0 aromatic heterocycles. The van der Waals surface area contributed by atoms with Crippen molar-refractivity contribution in [2.75, 3.05) is 19.6 Å². The van der Waals surface area contributed by atoms with Crippen LogP contribution in [0.3, 0.4) is 0 Å². The smallest absolute Gasteiger partial charge is 0.220 e. The maximum atomic E-state index is 11.8. The summed E-state index contributed by atoms with van der Waals surface area (Å²) < 4.78 is 0. The number of carbonyl (C=O) groups excluding carboxylic acids is 1. The van der Waals surface area contributed by atoms with E-state index in [2.05, 4.69) is 37.9 Å². The van der Waals surface area contributed by atoms with Gasteiger partial charge in [-0.25, -0.2) is 0 Å². The molecule has 4 nitrogen and oxygen atoms in total. The molecule has 6 heteroatoms. The first kappa shape index (κ1) is 25.9. The van der Waals surface area contributed by atoms with Crippen molar-refractivity contribution in [1.29, 1.82) is 0 Å². The van der Waals surface area contributed by atoms with Crippen molar-refractivity contribution in [3.63, 3.8) is 0 Å². The zero-order chi connectivity index (χ0) is 14.8. The summed E-state index contributed by atoms with van der Waals surface area (Å²) in [5.74, 6) is 0.768. The topological polar surface area (TPSA) is 58.4 Å². The Labute approximate surface area is 143 Å². The number of nitrogens with one attached hydrogen (secondary N) is 1. The van der Waals surface area contributed by atoms with Crippen molar-refractivity contribution in [2.24, 2.45) is 11.7 Å². The molecule has 1 amide bonds. The van der Waals surface area contributed by atoms with E-state index in [9.17, 15) is 4.79 Å². The third kappa shape index (κ3) is 13.4. The first-order valence-electron chi connectivity index (χ1n) is 7.66. The van der Waals surface area contributed by atoms with E-state index in [1.807, 2.05) is 6.92 Å². The minimum Gasteiger partial charge on any atom is -0.355 e. The maximum absolute atomic E-state index is 11.8. The molecule has 2 atom stereocenters. The number of hydrogen-bond acceptors (Lipinski definition) is 3. The summed E-state index contributed by atoms with van der Waals surface area (Å²) in [7, 11) is 0. The number of nitrogens with zero attached hydrogens (tertiary/aromatic N) is 1. The van der Waals surface area contributed by atoms with Crippen molar-refractivity contribution < 1.29 is 4.79 Å². The molecule has 0 aromatic rings. The summed E-state index contributed by atoms with van der Waals surface area (Å²) in [6.07, 6.45) is 2.41. The average molecular weight is 344 g/mol. The number of amides is 1. The lowest BCUT2D eigenvalue weighted by Gasteiger charge is -2.31. The SMILES string of the molecule is CCN(CC)C(CNC(=O)CCC(C)N)CC(C)C.Cl.Cl. The lowest BCUT2D eigenvalue weighted by molar-refractivity contribution is -0.121. The van der Waals surface area contributed by atoms with Crippen LogP contribution in [0, 0.1) is 5.92 Å². The average Bonchev–Trinajstić information content (AvgIpc) is 2.34. The molecule has 0 heterocycles. The van der Waals surface area contributed by atoms with E-state index in [0.29, 0.717) is 18.4 Å². The van der Waals surface area contributed by atoms with Gasteiger partial charge < -0.3 is 11.1 Å². The van der Waals surface area contributed by atoms with Crippen LogP contribution < -0.4 is 11.1 Å². The van der Waals surface area contributed by atoms with Gasteiger partial charge in [0, 0.05) is 25.0 Å². The van der Waals surface area contributed by atoms with Gasteiger partial charge in [0.2, 0.25) is 5.91 Å². The number of carbonyl (C=O) groups is 1. The summed E-state index contributed by atoms with van der Waals surface area (Å²) >= 11 is 0. The number of halogens is 2. The van der Waals surface area contributed by atoms with Crippen LogP contribution in [0.2, 0.25) is 0 Å². The Morgan fingerprint density at radius 3 is 2.05 bits per heavy atom. The molecule has 3 N–H and O–H groups in total. The molecule has 0 aliphatic heterocycles. The predicted molar refractivity (Wildman–Crippen MR) is 96.6 cm³/mol. The van der Waals surface area contributed by atoms with Crippen molar-refractivity contribution >= 4 is 30.7 Å². The molecule has 0 rings (SSSR count). The minimum absolute atomic E-state index is 0. The van der Waals surface area contributed by atoms with Gasteiger partial charge in [-0.1, -0.05) is 27.7 Å². The molecule has 0 radical (unpaired) electrons.